The summed E-state index contributed by atoms with van der Waals surface area (Å²) in [5, 5.41) is 2.42. The van der Waals surface area contributed by atoms with Crippen molar-refractivity contribution >= 4 is 17.7 Å². The van der Waals surface area contributed by atoms with Crippen LogP contribution in [-0.4, -0.2) is 45.7 Å². The highest BCUT2D eigenvalue weighted by molar-refractivity contribution is 5.83. The Kier molecular flexibility index (Phi) is 5.61. The van der Waals surface area contributed by atoms with Crippen molar-refractivity contribution in [1.29, 1.82) is 0 Å². The van der Waals surface area contributed by atoms with Crippen LogP contribution >= 0.6 is 0 Å². The first-order valence-corrected chi connectivity index (χ1v) is 7.60. The molecule has 0 spiro atoms. The first-order chi connectivity index (χ1) is 11.0. The average Bonchev–Trinajstić information content (AvgIpc) is 3.01. The molecule has 0 unspecified atom stereocenters. The van der Waals surface area contributed by atoms with E-state index in [9.17, 15) is 14.4 Å². The van der Waals surface area contributed by atoms with Crippen LogP contribution in [0.25, 0.3) is 0 Å². The van der Waals surface area contributed by atoms with E-state index in [4.69, 9.17) is 5.73 Å². The first kappa shape index (κ1) is 16.9. The van der Waals surface area contributed by atoms with Crippen LogP contribution in [0.4, 0.5) is 0 Å². The van der Waals surface area contributed by atoms with Crippen LogP contribution in [0.3, 0.4) is 0 Å². The number of nitrogens with one attached hydrogen (secondary N) is 1. The van der Waals surface area contributed by atoms with E-state index in [-0.39, 0.29) is 30.8 Å². The molecular weight excluding hydrogens is 298 g/mol. The van der Waals surface area contributed by atoms with Crippen molar-refractivity contribution in [1.82, 2.24) is 20.2 Å². The molecule has 0 aliphatic carbocycles. The zero-order valence-electron chi connectivity index (χ0n) is 13.1. The molecular formula is C15H21N5O3. The van der Waals surface area contributed by atoms with Crippen molar-refractivity contribution in [2.75, 3.05) is 13.1 Å². The van der Waals surface area contributed by atoms with Gasteiger partial charge in [-0.3, -0.25) is 24.4 Å². The first-order valence-electron chi connectivity index (χ1n) is 7.60. The van der Waals surface area contributed by atoms with Crippen LogP contribution in [0.15, 0.2) is 12.4 Å². The van der Waals surface area contributed by atoms with Crippen molar-refractivity contribution in [3.63, 3.8) is 0 Å². The topological polar surface area (TPSA) is 118 Å². The summed E-state index contributed by atoms with van der Waals surface area (Å²) in [4.78, 5) is 44.2. The van der Waals surface area contributed by atoms with E-state index in [0.717, 1.165) is 25.1 Å². The lowest BCUT2D eigenvalue weighted by molar-refractivity contribution is -0.129. The van der Waals surface area contributed by atoms with Crippen LogP contribution in [0.5, 0.6) is 0 Å². The Labute approximate surface area is 134 Å². The zero-order valence-corrected chi connectivity index (χ0v) is 13.1. The average molecular weight is 319 g/mol. The minimum Gasteiger partial charge on any atom is -0.368 e. The van der Waals surface area contributed by atoms with Crippen LogP contribution < -0.4 is 11.1 Å². The number of aromatic nitrogens is 2. The van der Waals surface area contributed by atoms with Crippen molar-refractivity contribution in [2.45, 2.75) is 38.6 Å². The zero-order chi connectivity index (χ0) is 16.8. The molecule has 3 N–H and O–H groups in total. The quantitative estimate of drug-likeness (QED) is 0.746. The Morgan fingerprint density at radius 2 is 2.13 bits per heavy atom. The minimum atomic E-state index is -0.575. The molecule has 0 radical (unpaired) electrons. The van der Waals surface area contributed by atoms with Gasteiger partial charge in [0.2, 0.25) is 17.7 Å². The Morgan fingerprint density at radius 3 is 2.74 bits per heavy atom. The SMILES string of the molecule is CC(=O)N1CCC[C@@H]1c1cnc(CCC(=O)NCC(N)=O)cn1. The molecule has 0 aromatic carbocycles. The maximum Gasteiger partial charge on any atom is 0.236 e. The summed E-state index contributed by atoms with van der Waals surface area (Å²) in [7, 11) is 0. The summed E-state index contributed by atoms with van der Waals surface area (Å²) in [6, 6.07) is -0.00656. The highest BCUT2D eigenvalue weighted by Gasteiger charge is 2.28. The summed E-state index contributed by atoms with van der Waals surface area (Å²) in [5.74, 6) is -0.785. The number of hydrogen-bond acceptors (Lipinski definition) is 5. The Hall–Kier alpha value is -2.51. The summed E-state index contributed by atoms with van der Waals surface area (Å²) in [6.07, 6.45) is 5.80. The molecule has 1 atom stereocenters. The highest BCUT2D eigenvalue weighted by atomic mass is 16.2. The summed E-state index contributed by atoms with van der Waals surface area (Å²) >= 11 is 0. The van der Waals surface area contributed by atoms with Crippen LogP contribution in [0.2, 0.25) is 0 Å². The van der Waals surface area contributed by atoms with Gasteiger partial charge in [-0.2, -0.15) is 0 Å². The Bertz CT molecular complexity index is 587. The normalized spacial score (nSPS) is 17.1. The molecule has 0 bridgehead atoms. The molecule has 1 aromatic rings. The lowest BCUT2D eigenvalue weighted by Gasteiger charge is -2.22. The molecule has 2 heterocycles. The minimum absolute atomic E-state index is 0.00656. The third kappa shape index (κ3) is 4.73. The maximum atomic E-state index is 11.6. The van der Waals surface area contributed by atoms with Crippen molar-refractivity contribution in [3.05, 3.63) is 23.8 Å². The molecule has 8 nitrogen and oxygen atoms in total. The number of nitrogens with zero attached hydrogens (tertiary/aromatic N) is 3. The number of nitrogens with two attached hydrogens (primary N) is 1. The smallest absolute Gasteiger partial charge is 0.236 e. The number of carbonyl (C=O) groups excluding carboxylic acids is 3. The lowest BCUT2D eigenvalue weighted by Crippen LogP contribution is -2.33. The molecule has 1 aliphatic heterocycles. The number of primary amides is 1. The second kappa shape index (κ2) is 7.66. The third-order valence-electron chi connectivity index (χ3n) is 3.79. The van der Waals surface area contributed by atoms with E-state index in [2.05, 4.69) is 15.3 Å². The van der Waals surface area contributed by atoms with Crippen LogP contribution in [0, 0.1) is 0 Å². The van der Waals surface area contributed by atoms with E-state index < -0.39 is 5.91 Å². The van der Waals surface area contributed by atoms with Crippen LogP contribution in [0.1, 0.15) is 43.6 Å². The van der Waals surface area contributed by atoms with Gasteiger partial charge >= 0.3 is 0 Å². The molecule has 2 rings (SSSR count). The van der Waals surface area contributed by atoms with E-state index in [1.807, 2.05) is 0 Å². The van der Waals surface area contributed by atoms with Gasteiger partial charge < -0.3 is 16.0 Å². The maximum absolute atomic E-state index is 11.6. The predicted molar refractivity (Wildman–Crippen MR) is 81.9 cm³/mol. The fourth-order valence-corrected chi connectivity index (χ4v) is 2.63. The molecule has 8 heteroatoms. The fourth-order valence-electron chi connectivity index (χ4n) is 2.63. The second-order valence-electron chi connectivity index (χ2n) is 5.55. The van der Waals surface area contributed by atoms with Gasteiger partial charge in [-0.05, 0) is 19.3 Å². The molecule has 1 saturated heterocycles. The molecule has 0 saturated carbocycles. The van der Waals surface area contributed by atoms with E-state index in [1.54, 1.807) is 24.2 Å². The van der Waals surface area contributed by atoms with Gasteiger partial charge in [-0.1, -0.05) is 0 Å². The lowest BCUT2D eigenvalue weighted by atomic mass is 10.1. The van der Waals surface area contributed by atoms with E-state index in [1.165, 1.54) is 0 Å². The second-order valence-corrected chi connectivity index (χ2v) is 5.55. The molecule has 1 aromatic heterocycles. The van der Waals surface area contributed by atoms with Gasteiger partial charge in [0.1, 0.15) is 0 Å². The van der Waals surface area contributed by atoms with Crippen molar-refractivity contribution in [3.8, 4) is 0 Å². The monoisotopic (exact) mass is 319 g/mol. The molecule has 124 valence electrons. The number of rotatable bonds is 6. The van der Waals surface area contributed by atoms with Crippen molar-refractivity contribution < 1.29 is 14.4 Å². The fraction of sp³-hybridized carbons (Fsp3) is 0.533. The molecule has 23 heavy (non-hydrogen) atoms. The largest absolute Gasteiger partial charge is 0.368 e. The number of hydrogen-bond donors (Lipinski definition) is 2. The predicted octanol–water partition coefficient (Wildman–Crippen LogP) is -0.306. The van der Waals surface area contributed by atoms with Gasteiger partial charge in [-0.25, -0.2) is 0 Å². The summed E-state index contributed by atoms with van der Waals surface area (Å²) in [5.41, 5.74) is 6.42. The standard InChI is InChI=1S/C15H21N5O3/c1-10(21)20-6-2-3-13(20)12-8-17-11(7-18-12)4-5-15(23)19-9-14(16)22/h7-8,13H,2-6,9H2,1H3,(H2,16,22)(H,19,23)/t13-/m1/s1. The van der Waals surface area contributed by atoms with Gasteiger partial charge in [0.25, 0.3) is 0 Å². The van der Waals surface area contributed by atoms with Crippen molar-refractivity contribution in [2.24, 2.45) is 5.73 Å². The van der Waals surface area contributed by atoms with E-state index in [0.29, 0.717) is 12.1 Å². The Balaban J connectivity index is 1.88. The highest BCUT2D eigenvalue weighted by Crippen LogP contribution is 2.30. The molecule has 3 amide bonds. The summed E-state index contributed by atoms with van der Waals surface area (Å²) < 4.78 is 0. The number of amides is 3. The number of carbonyl (C=O) groups is 3. The molecule has 1 fully saturated rings. The summed E-state index contributed by atoms with van der Waals surface area (Å²) in [6.45, 7) is 2.15. The third-order valence-corrected chi connectivity index (χ3v) is 3.79. The van der Waals surface area contributed by atoms with Gasteiger partial charge in [0, 0.05) is 26.1 Å². The van der Waals surface area contributed by atoms with E-state index >= 15 is 0 Å². The number of aryl methyl sites for hydroxylation is 1. The Morgan fingerprint density at radius 1 is 1.35 bits per heavy atom. The van der Waals surface area contributed by atoms with Gasteiger partial charge in [0.05, 0.1) is 30.2 Å². The van der Waals surface area contributed by atoms with Gasteiger partial charge in [0.15, 0.2) is 0 Å². The number of likely N-dealkylation sites (tertiary alicyclic amines) is 1. The molecule has 1 aliphatic rings. The van der Waals surface area contributed by atoms with Crippen LogP contribution in [-0.2, 0) is 20.8 Å². The van der Waals surface area contributed by atoms with Gasteiger partial charge in [-0.15, -0.1) is 0 Å².